The third-order valence-electron chi connectivity index (χ3n) is 6.30. The Balaban J connectivity index is 1.34. The zero-order chi connectivity index (χ0) is 21.1. The predicted molar refractivity (Wildman–Crippen MR) is 117 cm³/mol. The van der Waals surface area contributed by atoms with Gasteiger partial charge >= 0.3 is 0 Å². The van der Waals surface area contributed by atoms with Gasteiger partial charge in [0.15, 0.2) is 5.82 Å². The molecule has 0 bridgehead atoms. The fraction of sp³-hybridized carbons (Fsp3) is 0.609. The molecule has 4 rings (SSSR count). The summed E-state index contributed by atoms with van der Waals surface area (Å²) in [4.78, 5) is 17.3. The van der Waals surface area contributed by atoms with Crippen molar-refractivity contribution < 1.29 is 4.79 Å². The van der Waals surface area contributed by atoms with Crippen molar-refractivity contribution in [3.63, 3.8) is 0 Å². The monoisotopic (exact) mass is 410 g/mol. The van der Waals surface area contributed by atoms with Gasteiger partial charge < -0.3 is 14.8 Å². The molecule has 3 heterocycles. The van der Waals surface area contributed by atoms with Crippen LogP contribution in [-0.2, 0) is 30.8 Å². The molecule has 1 unspecified atom stereocenters. The second-order valence-electron chi connectivity index (χ2n) is 9.03. The summed E-state index contributed by atoms with van der Waals surface area (Å²) in [6.45, 7) is 10.5. The van der Waals surface area contributed by atoms with Crippen LogP contribution >= 0.6 is 0 Å². The standard InChI is InChI=1S/C23H34N6O/c1-17-11-18(2)13-19(12-17)15-28-8-6-21-25-26-22(29(21)10-9-28)14-24-23(30)20-5-4-7-27(3)16-20/h11-13,20H,4-10,14-16H2,1-3H3,(H,24,30). The summed E-state index contributed by atoms with van der Waals surface area (Å²) in [5.41, 5.74) is 4.01. The molecule has 2 aromatic rings. The Morgan fingerprint density at radius 2 is 1.90 bits per heavy atom. The first kappa shape index (κ1) is 21.0. The van der Waals surface area contributed by atoms with E-state index in [9.17, 15) is 4.79 Å². The van der Waals surface area contributed by atoms with Gasteiger partial charge in [0, 0.05) is 39.1 Å². The molecule has 7 nitrogen and oxygen atoms in total. The van der Waals surface area contributed by atoms with Gasteiger partial charge in [-0.3, -0.25) is 9.69 Å². The second-order valence-corrected chi connectivity index (χ2v) is 9.03. The van der Waals surface area contributed by atoms with E-state index < -0.39 is 0 Å². The SMILES string of the molecule is Cc1cc(C)cc(CN2CCc3nnc(CNC(=O)C4CCCN(C)C4)n3CC2)c1. The molecule has 0 saturated carbocycles. The van der Waals surface area contributed by atoms with E-state index in [1.54, 1.807) is 0 Å². The van der Waals surface area contributed by atoms with E-state index in [4.69, 9.17) is 0 Å². The van der Waals surface area contributed by atoms with Gasteiger partial charge in [-0.2, -0.15) is 0 Å². The summed E-state index contributed by atoms with van der Waals surface area (Å²) in [5, 5.41) is 11.9. The summed E-state index contributed by atoms with van der Waals surface area (Å²) in [5.74, 6) is 2.13. The molecule has 0 aliphatic carbocycles. The van der Waals surface area contributed by atoms with Crippen molar-refractivity contribution in [3.8, 4) is 0 Å². The number of benzene rings is 1. The number of likely N-dealkylation sites (tertiary alicyclic amines) is 1. The summed E-state index contributed by atoms with van der Waals surface area (Å²) in [6, 6.07) is 6.78. The van der Waals surface area contributed by atoms with Crippen molar-refractivity contribution in [2.75, 3.05) is 33.2 Å². The summed E-state index contributed by atoms with van der Waals surface area (Å²) in [7, 11) is 2.08. The van der Waals surface area contributed by atoms with E-state index in [0.29, 0.717) is 6.54 Å². The highest BCUT2D eigenvalue weighted by Crippen LogP contribution is 2.17. The van der Waals surface area contributed by atoms with Gasteiger partial charge in [-0.15, -0.1) is 10.2 Å². The van der Waals surface area contributed by atoms with Gasteiger partial charge in [0.2, 0.25) is 5.91 Å². The van der Waals surface area contributed by atoms with Crippen LogP contribution in [0.15, 0.2) is 18.2 Å². The molecule has 1 N–H and O–H groups in total. The fourth-order valence-corrected chi connectivity index (χ4v) is 4.83. The fourth-order valence-electron chi connectivity index (χ4n) is 4.83. The van der Waals surface area contributed by atoms with E-state index >= 15 is 0 Å². The lowest BCUT2D eigenvalue weighted by Gasteiger charge is -2.28. The normalized spacial score (nSPS) is 20.6. The Morgan fingerprint density at radius 3 is 2.67 bits per heavy atom. The molecular formula is C23H34N6O. The Bertz CT molecular complexity index is 872. The number of piperidine rings is 1. The maximum absolute atomic E-state index is 12.6. The molecule has 2 aliphatic heterocycles. The third-order valence-corrected chi connectivity index (χ3v) is 6.30. The molecule has 7 heteroatoms. The average Bonchev–Trinajstić information content (AvgIpc) is 2.98. The van der Waals surface area contributed by atoms with Gasteiger partial charge in [0.05, 0.1) is 12.5 Å². The highest BCUT2D eigenvalue weighted by atomic mass is 16.1. The molecule has 1 aromatic heterocycles. The van der Waals surface area contributed by atoms with Crippen molar-refractivity contribution in [1.82, 2.24) is 29.9 Å². The number of carbonyl (C=O) groups excluding carboxylic acids is 1. The maximum Gasteiger partial charge on any atom is 0.224 e. The topological polar surface area (TPSA) is 66.3 Å². The molecule has 1 fully saturated rings. The van der Waals surface area contributed by atoms with E-state index in [2.05, 4.69) is 69.0 Å². The van der Waals surface area contributed by atoms with Crippen LogP contribution in [0.1, 0.15) is 41.2 Å². The van der Waals surface area contributed by atoms with Gasteiger partial charge in [-0.25, -0.2) is 0 Å². The van der Waals surface area contributed by atoms with E-state index in [-0.39, 0.29) is 11.8 Å². The smallest absolute Gasteiger partial charge is 0.224 e. The Labute approximate surface area is 179 Å². The minimum absolute atomic E-state index is 0.0866. The Kier molecular flexibility index (Phi) is 6.49. The molecule has 1 atom stereocenters. The molecule has 0 spiro atoms. The number of carbonyl (C=O) groups is 1. The highest BCUT2D eigenvalue weighted by Gasteiger charge is 2.25. The van der Waals surface area contributed by atoms with Crippen molar-refractivity contribution in [1.29, 1.82) is 0 Å². The molecule has 1 saturated heterocycles. The van der Waals surface area contributed by atoms with Crippen LogP contribution in [0, 0.1) is 19.8 Å². The number of aryl methyl sites for hydroxylation is 2. The van der Waals surface area contributed by atoms with Crippen LogP contribution in [0.4, 0.5) is 0 Å². The third kappa shape index (κ3) is 5.08. The van der Waals surface area contributed by atoms with Crippen LogP contribution in [0.2, 0.25) is 0 Å². The molecule has 2 aliphatic rings. The number of hydrogen-bond donors (Lipinski definition) is 1. The summed E-state index contributed by atoms with van der Waals surface area (Å²) in [6.07, 6.45) is 2.95. The number of amides is 1. The first-order valence-electron chi connectivity index (χ1n) is 11.1. The number of hydrogen-bond acceptors (Lipinski definition) is 5. The second kappa shape index (κ2) is 9.27. The van der Waals surface area contributed by atoms with Crippen molar-refractivity contribution in [2.45, 2.75) is 52.7 Å². The van der Waals surface area contributed by atoms with Gasteiger partial charge in [0.25, 0.3) is 0 Å². The molecule has 162 valence electrons. The average molecular weight is 411 g/mol. The Morgan fingerprint density at radius 1 is 1.10 bits per heavy atom. The first-order chi connectivity index (χ1) is 14.5. The number of nitrogens with zero attached hydrogens (tertiary/aromatic N) is 5. The van der Waals surface area contributed by atoms with Crippen LogP contribution in [0.5, 0.6) is 0 Å². The van der Waals surface area contributed by atoms with Gasteiger partial charge in [-0.1, -0.05) is 29.3 Å². The number of aromatic nitrogens is 3. The lowest BCUT2D eigenvalue weighted by Crippen LogP contribution is -2.41. The van der Waals surface area contributed by atoms with Gasteiger partial charge in [0.1, 0.15) is 5.82 Å². The van der Waals surface area contributed by atoms with Crippen LogP contribution in [0.25, 0.3) is 0 Å². The predicted octanol–water partition coefficient (Wildman–Crippen LogP) is 1.91. The summed E-state index contributed by atoms with van der Waals surface area (Å²) < 4.78 is 2.20. The van der Waals surface area contributed by atoms with Crippen molar-refractivity contribution >= 4 is 5.91 Å². The van der Waals surface area contributed by atoms with E-state index in [1.165, 1.54) is 16.7 Å². The Hall–Kier alpha value is -2.25. The van der Waals surface area contributed by atoms with E-state index in [0.717, 1.165) is 70.2 Å². The number of rotatable bonds is 5. The number of nitrogens with one attached hydrogen (secondary N) is 1. The summed E-state index contributed by atoms with van der Waals surface area (Å²) >= 11 is 0. The minimum Gasteiger partial charge on any atom is -0.349 e. The zero-order valence-electron chi connectivity index (χ0n) is 18.5. The van der Waals surface area contributed by atoms with E-state index in [1.807, 2.05) is 0 Å². The first-order valence-corrected chi connectivity index (χ1v) is 11.1. The van der Waals surface area contributed by atoms with Crippen LogP contribution in [0.3, 0.4) is 0 Å². The van der Waals surface area contributed by atoms with Crippen molar-refractivity contribution in [3.05, 3.63) is 46.5 Å². The van der Waals surface area contributed by atoms with Crippen LogP contribution < -0.4 is 5.32 Å². The minimum atomic E-state index is 0.0866. The molecule has 30 heavy (non-hydrogen) atoms. The van der Waals surface area contributed by atoms with Crippen LogP contribution in [-0.4, -0.2) is 63.7 Å². The van der Waals surface area contributed by atoms with Crippen molar-refractivity contribution in [2.24, 2.45) is 5.92 Å². The molecule has 1 aromatic carbocycles. The highest BCUT2D eigenvalue weighted by molar-refractivity contribution is 5.78. The largest absolute Gasteiger partial charge is 0.349 e. The lowest BCUT2D eigenvalue weighted by atomic mass is 9.98. The maximum atomic E-state index is 12.6. The molecular weight excluding hydrogens is 376 g/mol. The lowest BCUT2D eigenvalue weighted by molar-refractivity contribution is -0.126. The zero-order valence-corrected chi connectivity index (χ0v) is 18.5. The molecule has 0 radical (unpaired) electrons. The quantitative estimate of drug-likeness (QED) is 0.816. The van der Waals surface area contributed by atoms with Gasteiger partial charge in [-0.05, 0) is 45.8 Å². The number of fused-ring (bicyclic) bond motifs is 1. The molecule has 1 amide bonds.